The Hall–Kier alpha value is -6.40. The average Bonchev–Trinajstić information content (AvgIpc) is 3.87. The number of carbonyl (C=O) groups excluding carboxylic acids is 2. The minimum atomic E-state index is -4.62. The van der Waals surface area contributed by atoms with Gasteiger partial charge >= 0.3 is 6.18 Å². The van der Waals surface area contributed by atoms with Gasteiger partial charge in [-0.15, -0.1) is 5.10 Å². The highest BCUT2D eigenvalue weighted by Crippen LogP contribution is 2.34. The number of alkyl halides is 3. The Labute approximate surface area is 345 Å². The number of amides is 2. The van der Waals surface area contributed by atoms with Crippen LogP contribution in [0.4, 0.5) is 24.5 Å². The quantitative estimate of drug-likeness (QED) is 0.171. The van der Waals surface area contributed by atoms with Crippen molar-refractivity contribution >= 4 is 51.8 Å². The molecule has 0 saturated carbocycles. The highest BCUT2D eigenvalue weighted by Gasteiger charge is 2.33. The molecular formula is C41H39ClF3N9O6. The Morgan fingerprint density at radius 2 is 1.80 bits per heavy atom. The molecule has 60 heavy (non-hydrogen) atoms. The summed E-state index contributed by atoms with van der Waals surface area (Å²) in [5.74, 6) is 0.390. The van der Waals surface area contributed by atoms with Gasteiger partial charge in [0.15, 0.2) is 11.5 Å². The first-order valence-corrected chi connectivity index (χ1v) is 19.5. The summed E-state index contributed by atoms with van der Waals surface area (Å²) in [6, 6.07) is 15.5. The molecule has 1 saturated heterocycles. The van der Waals surface area contributed by atoms with E-state index in [0.29, 0.717) is 49.0 Å². The van der Waals surface area contributed by atoms with Crippen molar-refractivity contribution in [2.75, 3.05) is 56.7 Å². The molecule has 6 heterocycles. The molecule has 312 valence electrons. The minimum absolute atomic E-state index is 0.0134. The van der Waals surface area contributed by atoms with E-state index >= 15 is 0 Å². The lowest BCUT2D eigenvalue weighted by Crippen LogP contribution is -2.51. The standard InChI is InChI=1S/C41H39ClF3N9O6/c1-3-31-34(50-16-18-51(19-17-50)38(56)35-37(47-32-6-4-5-15-52(32)35)60-24-25-7-10-28(58-2)11-8-25)39(57)54-40(48-36(49-54)26-13-20-59-21-14-26)53(31)23-33(55)46-30-12-9-27(22-29(30)42)41(43,44)45/h4-13,15,22H,3,14,16-21,23-24H2,1-2H3,(H,46,55). The van der Waals surface area contributed by atoms with Crippen molar-refractivity contribution in [1.82, 2.24) is 33.4 Å². The number of piperazine rings is 1. The fourth-order valence-electron chi connectivity index (χ4n) is 7.35. The van der Waals surface area contributed by atoms with E-state index in [-0.39, 0.29) is 79.0 Å². The first kappa shape index (κ1) is 40.4. The van der Waals surface area contributed by atoms with Gasteiger partial charge in [0.2, 0.25) is 17.6 Å². The third-order valence-electron chi connectivity index (χ3n) is 10.4. The van der Waals surface area contributed by atoms with Gasteiger partial charge in [0.25, 0.3) is 11.5 Å². The molecule has 4 aromatic heterocycles. The second-order valence-corrected chi connectivity index (χ2v) is 14.5. The van der Waals surface area contributed by atoms with Crippen molar-refractivity contribution < 1.29 is 37.0 Å². The fourth-order valence-corrected chi connectivity index (χ4v) is 7.58. The molecule has 0 atom stereocenters. The Balaban J connectivity index is 1.08. The molecule has 2 aromatic carbocycles. The van der Waals surface area contributed by atoms with Crippen LogP contribution in [0.2, 0.25) is 5.02 Å². The van der Waals surface area contributed by atoms with Gasteiger partial charge in [0.1, 0.15) is 30.2 Å². The zero-order chi connectivity index (χ0) is 42.1. The maximum absolute atomic E-state index is 14.4. The predicted molar refractivity (Wildman–Crippen MR) is 216 cm³/mol. The van der Waals surface area contributed by atoms with Crippen molar-refractivity contribution in [1.29, 1.82) is 0 Å². The number of nitrogens with zero attached hydrogens (tertiary/aromatic N) is 8. The zero-order valence-corrected chi connectivity index (χ0v) is 33.3. The van der Waals surface area contributed by atoms with E-state index in [1.807, 2.05) is 48.2 Å². The van der Waals surface area contributed by atoms with Crippen molar-refractivity contribution in [3.05, 3.63) is 117 Å². The second-order valence-electron chi connectivity index (χ2n) is 14.1. The number of fused-ring (bicyclic) bond motifs is 2. The summed E-state index contributed by atoms with van der Waals surface area (Å²) in [7, 11) is 1.59. The summed E-state index contributed by atoms with van der Waals surface area (Å²) in [6.07, 6.45) is -0.217. The van der Waals surface area contributed by atoms with Crippen molar-refractivity contribution in [3.8, 4) is 11.6 Å². The molecule has 0 unspecified atom stereocenters. The van der Waals surface area contributed by atoms with Gasteiger partial charge in [-0.2, -0.15) is 27.7 Å². The van der Waals surface area contributed by atoms with Crippen LogP contribution >= 0.6 is 11.6 Å². The number of aromatic nitrogens is 6. The highest BCUT2D eigenvalue weighted by molar-refractivity contribution is 6.33. The van der Waals surface area contributed by atoms with Gasteiger partial charge in [-0.1, -0.05) is 42.8 Å². The molecule has 2 aliphatic rings. The lowest BCUT2D eigenvalue weighted by Gasteiger charge is -2.36. The SMILES string of the molecule is CCc1c(N2CCN(C(=O)c3c(OCc4ccc(OC)cc4)nc4ccccn34)CC2)c(=O)n2nc(C3=CCOCC3)nc2n1CC(=O)Nc1ccc(C(F)(F)F)cc1Cl. The van der Waals surface area contributed by atoms with Gasteiger partial charge < -0.3 is 33.9 Å². The molecule has 1 fully saturated rings. The molecular weight excluding hydrogens is 807 g/mol. The van der Waals surface area contributed by atoms with E-state index in [2.05, 4.69) is 15.4 Å². The number of benzene rings is 2. The third-order valence-corrected chi connectivity index (χ3v) is 10.7. The van der Waals surface area contributed by atoms with E-state index in [9.17, 15) is 27.6 Å². The summed E-state index contributed by atoms with van der Waals surface area (Å²) >= 11 is 6.17. The van der Waals surface area contributed by atoms with E-state index in [1.165, 1.54) is 4.52 Å². The molecule has 0 spiro atoms. The van der Waals surface area contributed by atoms with Crippen LogP contribution in [0, 0.1) is 0 Å². The number of ether oxygens (including phenoxy) is 3. The molecule has 15 nitrogen and oxygen atoms in total. The summed E-state index contributed by atoms with van der Waals surface area (Å²) in [6.45, 7) is 3.43. The topological polar surface area (TPSA) is 150 Å². The molecule has 0 aliphatic carbocycles. The number of methoxy groups -OCH3 is 1. The van der Waals surface area contributed by atoms with Gasteiger partial charge in [-0.25, -0.2) is 0 Å². The summed E-state index contributed by atoms with van der Waals surface area (Å²) in [5.41, 5.74) is 1.79. The molecule has 0 bridgehead atoms. The summed E-state index contributed by atoms with van der Waals surface area (Å²) in [5, 5.41) is 6.91. The lowest BCUT2D eigenvalue weighted by atomic mass is 10.1. The lowest BCUT2D eigenvalue weighted by molar-refractivity contribution is -0.137. The first-order valence-electron chi connectivity index (χ1n) is 19.2. The second kappa shape index (κ2) is 16.7. The van der Waals surface area contributed by atoms with Gasteiger partial charge in [-0.3, -0.25) is 18.8 Å². The van der Waals surface area contributed by atoms with E-state index in [4.69, 9.17) is 30.8 Å². The Morgan fingerprint density at radius 3 is 2.48 bits per heavy atom. The van der Waals surface area contributed by atoms with Gasteiger partial charge in [0, 0.05) is 32.4 Å². The first-order chi connectivity index (χ1) is 28.9. The molecule has 1 N–H and O–H groups in total. The van der Waals surface area contributed by atoms with Gasteiger partial charge in [-0.05, 0) is 66.4 Å². The Kier molecular flexibility index (Phi) is 11.2. The summed E-state index contributed by atoms with van der Waals surface area (Å²) < 4.78 is 61.2. The van der Waals surface area contributed by atoms with Crippen LogP contribution in [0.25, 0.3) is 17.0 Å². The fraction of sp³-hybridized carbons (Fsp3) is 0.317. The van der Waals surface area contributed by atoms with Crippen LogP contribution in [0.5, 0.6) is 11.6 Å². The number of hydrogen-bond acceptors (Lipinski definition) is 10. The van der Waals surface area contributed by atoms with Crippen molar-refractivity contribution in [2.45, 2.75) is 39.1 Å². The average molecular weight is 846 g/mol. The molecule has 6 aromatic rings. The van der Waals surface area contributed by atoms with E-state index in [1.54, 1.807) is 39.3 Å². The number of imidazole rings is 1. The minimum Gasteiger partial charge on any atom is -0.497 e. The number of halogens is 4. The van der Waals surface area contributed by atoms with E-state index in [0.717, 1.165) is 29.3 Å². The number of anilines is 2. The van der Waals surface area contributed by atoms with Crippen LogP contribution in [-0.2, 0) is 35.3 Å². The monoisotopic (exact) mass is 845 g/mol. The Bertz CT molecular complexity index is 2690. The highest BCUT2D eigenvalue weighted by atomic mass is 35.5. The van der Waals surface area contributed by atoms with Crippen LogP contribution in [0.15, 0.2) is 77.7 Å². The maximum Gasteiger partial charge on any atom is 0.416 e. The van der Waals surface area contributed by atoms with Crippen molar-refractivity contribution in [2.24, 2.45) is 0 Å². The Morgan fingerprint density at radius 1 is 1.02 bits per heavy atom. The molecule has 0 radical (unpaired) electrons. The maximum atomic E-state index is 14.4. The molecule has 2 amide bonds. The predicted octanol–water partition coefficient (Wildman–Crippen LogP) is 5.77. The smallest absolute Gasteiger partial charge is 0.416 e. The zero-order valence-electron chi connectivity index (χ0n) is 32.5. The van der Waals surface area contributed by atoms with Crippen LogP contribution in [-0.4, -0.2) is 91.8 Å². The number of nitrogens with one attached hydrogen (secondary N) is 1. The normalized spacial score (nSPS) is 14.7. The third kappa shape index (κ3) is 7.99. The van der Waals surface area contributed by atoms with Gasteiger partial charge in [0.05, 0.1) is 42.3 Å². The number of hydrogen-bond donors (Lipinski definition) is 1. The largest absolute Gasteiger partial charge is 0.497 e. The van der Waals surface area contributed by atoms with Crippen LogP contribution < -0.4 is 25.2 Å². The molecule has 8 rings (SSSR count). The number of pyridine rings is 1. The van der Waals surface area contributed by atoms with Crippen LogP contribution in [0.3, 0.4) is 0 Å². The molecule has 2 aliphatic heterocycles. The van der Waals surface area contributed by atoms with Crippen molar-refractivity contribution in [3.63, 3.8) is 0 Å². The summed E-state index contributed by atoms with van der Waals surface area (Å²) in [4.78, 5) is 55.3. The molecule has 19 heteroatoms. The van der Waals surface area contributed by atoms with E-state index < -0.39 is 23.2 Å². The van der Waals surface area contributed by atoms with Crippen LogP contribution in [0.1, 0.15) is 46.5 Å². The number of carbonyl (C=O) groups is 2. The number of rotatable bonds is 11.